The Kier molecular flexibility index (Phi) is 7.58. The first-order valence-corrected chi connectivity index (χ1v) is 10.5. The van der Waals surface area contributed by atoms with Crippen LogP contribution in [0.4, 0.5) is 5.69 Å². The van der Waals surface area contributed by atoms with Crippen LogP contribution in [0.5, 0.6) is 11.5 Å². The number of rotatable bonds is 6. The molecule has 3 rings (SSSR count). The number of carbonyl (C=O) groups excluding carboxylic acids is 3. The lowest BCUT2D eigenvalue weighted by Gasteiger charge is -2.32. The van der Waals surface area contributed by atoms with E-state index < -0.39 is 11.9 Å². The summed E-state index contributed by atoms with van der Waals surface area (Å²) in [5.74, 6) is -0.804. The van der Waals surface area contributed by atoms with Gasteiger partial charge in [0, 0.05) is 35.8 Å². The Labute approximate surface area is 191 Å². The molecule has 170 valence electrons. The third-order valence-corrected chi connectivity index (χ3v) is 5.61. The molecule has 1 saturated heterocycles. The van der Waals surface area contributed by atoms with Crippen LogP contribution in [0.3, 0.4) is 0 Å². The number of piperidine rings is 1. The van der Waals surface area contributed by atoms with E-state index in [2.05, 4.69) is 5.32 Å². The van der Waals surface area contributed by atoms with Gasteiger partial charge in [-0.3, -0.25) is 9.59 Å². The minimum absolute atomic E-state index is 0.142. The second kappa shape index (κ2) is 10.4. The lowest BCUT2D eigenvalue weighted by molar-refractivity contribution is -0.121. The fourth-order valence-electron chi connectivity index (χ4n) is 3.65. The minimum Gasteiger partial charge on any atom is -0.493 e. The number of ether oxygens (including phenoxy) is 3. The maximum absolute atomic E-state index is 13.0. The molecule has 8 nitrogen and oxygen atoms in total. The zero-order valence-electron chi connectivity index (χ0n) is 18.1. The minimum atomic E-state index is -0.621. The van der Waals surface area contributed by atoms with E-state index in [9.17, 15) is 14.4 Å². The van der Waals surface area contributed by atoms with E-state index in [-0.39, 0.29) is 29.6 Å². The summed E-state index contributed by atoms with van der Waals surface area (Å²) in [6, 6.07) is 9.63. The van der Waals surface area contributed by atoms with E-state index >= 15 is 0 Å². The van der Waals surface area contributed by atoms with Gasteiger partial charge in [0.1, 0.15) is 0 Å². The zero-order valence-corrected chi connectivity index (χ0v) is 18.9. The standard InChI is InChI=1S/C23H25ClN2O6/c1-30-19-11-17(23(29)32-3)18(12-20(19)31-2)25-21(27)15-5-4-10-26(13-15)22(28)14-6-8-16(24)9-7-14/h6-9,11-12,15H,4-5,10,13H2,1-3H3,(H,25,27). The van der Waals surface area contributed by atoms with Crippen LogP contribution in [-0.2, 0) is 9.53 Å². The van der Waals surface area contributed by atoms with Crippen molar-refractivity contribution in [3.05, 3.63) is 52.5 Å². The molecule has 1 aliphatic rings. The van der Waals surface area contributed by atoms with E-state index in [1.165, 1.54) is 33.5 Å². The average molecular weight is 461 g/mol. The number of hydrogen-bond acceptors (Lipinski definition) is 6. The molecule has 0 spiro atoms. The van der Waals surface area contributed by atoms with Crippen molar-refractivity contribution in [1.82, 2.24) is 4.90 Å². The molecule has 0 bridgehead atoms. The SMILES string of the molecule is COC(=O)c1cc(OC)c(OC)cc1NC(=O)C1CCCN(C(=O)c2ccc(Cl)cc2)C1. The average Bonchev–Trinajstić information content (AvgIpc) is 2.83. The molecule has 32 heavy (non-hydrogen) atoms. The van der Waals surface area contributed by atoms with Crippen LogP contribution in [0.25, 0.3) is 0 Å². The van der Waals surface area contributed by atoms with E-state index in [0.29, 0.717) is 41.5 Å². The number of benzene rings is 2. The van der Waals surface area contributed by atoms with Crippen molar-refractivity contribution >= 4 is 35.1 Å². The molecule has 0 radical (unpaired) electrons. The van der Waals surface area contributed by atoms with Crippen molar-refractivity contribution in [2.75, 3.05) is 39.7 Å². The van der Waals surface area contributed by atoms with Crippen LogP contribution >= 0.6 is 11.6 Å². The molecule has 1 unspecified atom stereocenters. The van der Waals surface area contributed by atoms with Crippen LogP contribution in [-0.4, -0.2) is 57.1 Å². The predicted octanol–water partition coefficient (Wildman–Crippen LogP) is 3.63. The molecule has 0 aromatic heterocycles. The largest absolute Gasteiger partial charge is 0.493 e. The van der Waals surface area contributed by atoms with Gasteiger partial charge < -0.3 is 24.4 Å². The Morgan fingerprint density at radius 1 is 1.03 bits per heavy atom. The molecule has 2 amide bonds. The maximum atomic E-state index is 13.0. The number of halogens is 1. The first-order chi connectivity index (χ1) is 15.4. The first-order valence-electron chi connectivity index (χ1n) is 10.1. The highest BCUT2D eigenvalue weighted by Gasteiger charge is 2.30. The van der Waals surface area contributed by atoms with Crippen molar-refractivity contribution in [3.63, 3.8) is 0 Å². The van der Waals surface area contributed by atoms with Gasteiger partial charge in [0.05, 0.1) is 38.5 Å². The van der Waals surface area contributed by atoms with Gasteiger partial charge in [0.25, 0.3) is 5.91 Å². The monoisotopic (exact) mass is 460 g/mol. The highest BCUT2D eigenvalue weighted by atomic mass is 35.5. The molecule has 1 atom stereocenters. The molecule has 0 saturated carbocycles. The maximum Gasteiger partial charge on any atom is 0.340 e. The number of likely N-dealkylation sites (tertiary alicyclic amines) is 1. The molecular weight excluding hydrogens is 436 g/mol. The van der Waals surface area contributed by atoms with Crippen LogP contribution in [0.2, 0.25) is 5.02 Å². The van der Waals surface area contributed by atoms with Crippen molar-refractivity contribution in [2.45, 2.75) is 12.8 Å². The molecule has 1 heterocycles. The number of nitrogens with one attached hydrogen (secondary N) is 1. The van der Waals surface area contributed by atoms with Gasteiger partial charge in [-0.2, -0.15) is 0 Å². The second-order valence-corrected chi connectivity index (χ2v) is 7.77. The van der Waals surface area contributed by atoms with Crippen LogP contribution in [0.1, 0.15) is 33.6 Å². The molecule has 1 aliphatic heterocycles. The molecular formula is C23H25ClN2O6. The Morgan fingerprint density at radius 2 is 1.69 bits per heavy atom. The summed E-state index contributed by atoms with van der Waals surface area (Å²) >= 11 is 5.90. The second-order valence-electron chi connectivity index (χ2n) is 7.33. The highest BCUT2D eigenvalue weighted by Crippen LogP contribution is 2.34. The molecule has 0 aliphatic carbocycles. The molecule has 1 fully saturated rings. The molecule has 9 heteroatoms. The van der Waals surface area contributed by atoms with E-state index in [0.717, 1.165) is 0 Å². The summed E-state index contributed by atoms with van der Waals surface area (Å²) in [6.45, 7) is 0.836. The number of anilines is 1. The number of methoxy groups -OCH3 is 3. The third-order valence-electron chi connectivity index (χ3n) is 5.36. The van der Waals surface area contributed by atoms with E-state index in [1.54, 1.807) is 29.2 Å². The Hall–Kier alpha value is -3.26. The summed E-state index contributed by atoms with van der Waals surface area (Å²) in [7, 11) is 4.17. The van der Waals surface area contributed by atoms with E-state index in [1.807, 2.05) is 0 Å². The van der Waals surface area contributed by atoms with Gasteiger partial charge in [-0.25, -0.2) is 4.79 Å². The van der Waals surface area contributed by atoms with E-state index in [4.69, 9.17) is 25.8 Å². The Balaban J connectivity index is 1.78. The lowest BCUT2D eigenvalue weighted by atomic mass is 9.96. The van der Waals surface area contributed by atoms with Crippen molar-refractivity contribution in [2.24, 2.45) is 5.92 Å². The Bertz CT molecular complexity index is 1010. The van der Waals surface area contributed by atoms with Gasteiger partial charge >= 0.3 is 5.97 Å². The topological polar surface area (TPSA) is 94.2 Å². The summed E-state index contributed by atoms with van der Waals surface area (Å²) in [4.78, 5) is 39.8. The number of esters is 1. The van der Waals surface area contributed by atoms with Crippen molar-refractivity contribution < 1.29 is 28.6 Å². The third kappa shape index (κ3) is 5.13. The molecule has 2 aromatic rings. The van der Waals surface area contributed by atoms with Gasteiger partial charge in [-0.15, -0.1) is 0 Å². The van der Waals surface area contributed by atoms with Gasteiger partial charge in [0.15, 0.2) is 11.5 Å². The van der Waals surface area contributed by atoms with Gasteiger partial charge in [-0.05, 0) is 37.1 Å². The van der Waals surface area contributed by atoms with Crippen molar-refractivity contribution in [1.29, 1.82) is 0 Å². The van der Waals surface area contributed by atoms with Crippen LogP contribution in [0.15, 0.2) is 36.4 Å². The summed E-state index contributed by atoms with van der Waals surface area (Å²) < 4.78 is 15.4. The smallest absolute Gasteiger partial charge is 0.340 e. The van der Waals surface area contributed by atoms with Gasteiger partial charge in [-0.1, -0.05) is 11.6 Å². The quantitative estimate of drug-likeness (QED) is 0.661. The molecule has 1 N–H and O–H groups in total. The normalized spacial score (nSPS) is 15.6. The fourth-order valence-corrected chi connectivity index (χ4v) is 3.77. The van der Waals surface area contributed by atoms with Crippen molar-refractivity contribution in [3.8, 4) is 11.5 Å². The molecule has 2 aromatic carbocycles. The number of hydrogen-bond donors (Lipinski definition) is 1. The van der Waals surface area contributed by atoms with Crippen LogP contribution in [0, 0.1) is 5.92 Å². The lowest BCUT2D eigenvalue weighted by Crippen LogP contribution is -2.43. The first kappa shape index (κ1) is 23.4. The fraction of sp³-hybridized carbons (Fsp3) is 0.348. The van der Waals surface area contributed by atoms with Gasteiger partial charge in [0.2, 0.25) is 5.91 Å². The summed E-state index contributed by atoms with van der Waals surface area (Å²) in [6.07, 6.45) is 1.31. The number of amides is 2. The Morgan fingerprint density at radius 3 is 2.31 bits per heavy atom. The summed E-state index contributed by atoms with van der Waals surface area (Å²) in [5.41, 5.74) is 0.910. The highest BCUT2D eigenvalue weighted by molar-refractivity contribution is 6.30. The predicted molar refractivity (Wildman–Crippen MR) is 120 cm³/mol. The zero-order chi connectivity index (χ0) is 23.3. The number of carbonyl (C=O) groups is 3. The van der Waals surface area contributed by atoms with Crippen LogP contribution < -0.4 is 14.8 Å². The number of nitrogens with zero attached hydrogens (tertiary/aromatic N) is 1. The summed E-state index contributed by atoms with van der Waals surface area (Å²) in [5, 5.41) is 3.35.